The smallest absolute Gasteiger partial charge is 0.242 e. The molecule has 0 spiro atoms. The van der Waals surface area contributed by atoms with Crippen molar-refractivity contribution in [1.29, 1.82) is 0 Å². The molecule has 9 heteroatoms. The van der Waals surface area contributed by atoms with Crippen LogP contribution in [0.15, 0.2) is 34.5 Å². The lowest BCUT2D eigenvalue weighted by Crippen LogP contribution is -2.22. The summed E-state index contributed by atoms with van der Waals surface area (Å²) in [6.07, 6.45) is 5.96. The minimum absolute atomic E-state index is 0.0958. The molecule has 154 valence electrons. The number of hydrogen-bond acceptors (Lipinski definition) is 6. The third kappa shape index (κ3) is 5.20. The van der Waals surface area contributed by atoms with Crippen LogP contribution < -0.4 is 0 Å². The molecule has 3 rings (SSSR count). The van der Waals surface area contributed by atoms with Gasteiger partial charge in [-0.3, -0.25) is 0 Å². The Morgan fingerprint density at radius 1 is 1.07 bits per heavy atom. The first kappa shape index (κ1) is 21.4. The van der Waals surface area contributed by atoms with Crippen molar-refractivity contribution in [2.24, 2.45) is 0 Å². The monoisotopic (exact) mass is 442 g/mol. The first-order valence-corrected chi connectivity index (χ1v) is 13.5. The summed E-state index contributed by atoms with van der Waals surface area (Å²) < 4.78 is 50.9. The van der Waals surface area contributed by atoms with Gasteiger partial charge in [0.25, 0.3) is 0 Å². The van der Waals surface area contributed by atoms with E-state index >= 15 is 0 Å². The quantitative estimate of drug-likeness (QED) is 0.655. The largest absolute Gasteiger partial charge is 0.245 e. The average Bonchev–Trinajstić information content (AvgIpc) is 3.09. The van der Waals surface area contributed by atoms with E-state index in [1.807, 2.05) is 5.38 Å². The van der Waals surface area contributed by atoms with E-state index in [-0.39, 0.29) is 16.4 Å². The maximum absolute atomic E-state index is 12.7. The van der Waals surface area contributed by atoms with Crippen LogP contribution in [0.4, 0.5) is 0 Å². The van der Waals surface area contributed by atoms with Gasteiger partial charge < -0.3 is 0 Å². The van der Waals surface area contributed by atoms with Crippen molar-refractivity contribution < 1.29 is 16.8 Å². The van der Waals surface area contributed by atoms with Crippen LogP contribution >= 0.6 is 11.3 Å². The second-order valence-corrected chi connectivity index (χ2v) is 12.6. The maximum atomic E-state index is 12.7. The third-order valence-corrected chi connectivity index (χ3v) is 9.33. The highest BCUT2D eigenvalue weighted by Gasteiger charge is 2.22. The molecule has 2 aromatic rings. The van der Waals surface area contributed by atoms with Gasteiger partial charge in [0, 0.05) is 25.4 Å². The van der Waals surface area contributed by atoms with Gasteiger partial charge in [-0.2, -0.15) is 0 Å². The average molecular weight is 443 g/mol. The summed E-state index contributed by atoms with van der Waals surface area (Å²) in [5.74, 6) is 0.129. The molecule has 28 heavy (non-hydrogen) atoms. The molecule has 1 aromatic heterocycles. The van der Waals surface area contributed by atoms with E-state index in [1.54, 1.807) is 23.5 Å². The van der Waals surface area contributed by atoms with Crippen LogP contribution in [-0.4, -0.2) is 40.2 Å². The summed E-state index contributed by atoms with van der Waals surface area (Å²) in [4.78, 5) is 4.67. The van der Waals surface area contributed by atoms with Crippen LogP contribution in [0.25, 0.3) is 0 Å². The Morgan fingerprint density at radius 3 is 2.46 bits per heavy atom. The van der Waals surface area contributed by atoms with E-state index in [0.717, 1.165) is 22.2 Å². The van der Waals surface area contributed by atoms with Crippen LogP contribution in [0, 0.1) is 0 Å². The van der Waals surface area contributed by atoms with Crippen LogP contribution in [-0.2, 0) is 31.4 Å². The Morgan fingerprint density at radius 2 is 1.79 bits per heavy atom. The van der Waals surface area contributed by atoms with Crippen molar-refractivity contribution in [1.82, 2.24) is 9.29 Å². The minimum Gasteiger partial charge on any atom is -0.245 e. The molecule has 0 bridgehead atoms. The lowest BCUT2D eigenvalue weighted by atomic mass is 9.90. The number of sulfonamides is 1. The molecule has 1 aliphatic rings. The fraction of sp³-hybridized carbons (Fsp3) is 0.526. The normalized spacial score (nSPS) is 16.5. The number of hydrogen-bond donors (Lipinski definition) is 0. The second kappa shape index (κ2) is 8.61. The SMILES string of the molecule is CN(C)S(=O)(=O)c1cccc(CS(=O)(=O)Cc2csc(C3CCCCC3)n2)c1. The van der Waals surface area contributed by atoms with E-state index in [4.69, 9.17) is 0 Å². The highest BCUT2D eigenvalue weighted by molar-refractivity contribution is 7.90. The van der Waals surface area contributed by atoms with Gasteiger partial charge in [0.05, 0.1) is 27.1 Å². The molecule has 0 N–H and O–H groups in total. The molecule has 0 radical (unpaired) electrons. The third-order valence-electron chi connectivity index (χ3n) is 4.96. The molecule has 1 aliphatic carbocycles. The van der Waals surface area contributed by atoms with Crippen LogP contribution in [0.1, 0.15) is 54.3 Å². The summed E-state index contributed by atoms with van der Waals surface area (Å²) in [6.45, 7) is 0. The highest BCUT2D eigenvalue weighted by atomic mass is 32.2. The zero-order valence-corrected chi connectivity index (χ0v) is 18.6. The fourth-order valence-corrected chi connectivity index (χ4v) is 6.92. The molecule has 0 amide bonds. The van der Waals surface area contributed by atoms with E-state index in [2.05, 4.69) is 4.98 Å². The van der Waals surface area contributed by atoms with Gasteiger partial charge in [0.2, 0.25) is 10.0 Å². The molecular weight excluding hydrogens is 416 g/mol. The molecule has 1 aromatic carbocycles. The minimum atomic E-state index is -3.60. The number of sulfone groups is 1. The van der Waals surface area contributed by atoms with Gasteiger partial charge in [-0.1, -0.05) is 31.4 Å². The molecule has 1 fully saturated rings. The maximum Gasteiger partial charge on any atom is 0.242 e. The Hall–Kier alpha value is -1.29. The van der Waals surface area contributed by atoms with Gasteiger partial charge in [-0.25, -0.2) is 26.1 Å². The highest BCUT2D eigenvalue weighted by Crippen LogP contribution is 2.34. The van der Waals surface area contributed by atoms with Crippen molar-refractivity contribution in [2.45, 2.75) is 54.4 Å². The second-order valence-electron chi connectivity index (χ2n) is 7.48. The summed E-state index contributed by atoms with van der Waals surface area (Å²) in [5.41, 5.74) is 1.05. The number of rotatable bonds is 7. The Kier molecular flexibility index (Phi) is 6.58. The topological polar surface area (TPSA) is 84.4 Å². The van der Waals surface area contributed by atoms with E-state index < -0.39 is 19.9 Å². The first-order valence-electron chi connectivity index (χ1n) is 9.33. The zero-order chi connectivity index (χ0) is 20.4. The summed E-state index contributed by atoms with van der Waals surface area (Å²) in [5, 5.41) is 2.89. The van der Waals surface area contributed by atoms with Crippen molar-refractivity contribution in [3.05, 3.63) is 45.9 Å². The summed E-state index contributed by atoms with van der Waals surface area (Å²) >= 11 is 1.55. The number of benzene rings is 1. The molecular formula is C19H26N2O4S3. The van der Waals surface area contributed by atoms with Crippen LogP contribution in [0.3, 0.4) is 0 Å². The van der Waals surface area contributed by atoms with Crippen molar-refractivity contribution >= 4 is 31.2 Å². The molecule has 1 heterocycles. The number of thiazole rings is 1. The van der Waals surface area contributed by atoms with Gasteiger partial charge in [-0.15, -0.1) is 11.3 Å². The molecule has 0 unspecified atom stereocenters. The molecule has 6 nitrogen and oxygen atoms in total. The first-order chi connectivity index (χ1) is 13.2. The standard InChI is InChI=1S/C19H26N2O4S3/c1-21(2)28(24,25)18-10-6-7-15(11-18)13-27(22,23)14-17-12-26-19(20-17)16-8-4-3-5-9-16/h6-7,10-12,16H,3-5,8-9,13-14H2,1-2H3. The Bertz CT molecular complexity index is 1020. The Balaban J connectivity index is 1.72. The fourth-order valence-electron chi connectivity index (χ4n) is 3.46. The lowest BCUT2D eigenvalue weighted by Gasteiger charge is -2.18. The molecule has 1 saturated carbocycles. The zero-order valence-electron chi connectivity index (χ0n) is 16.2. The van der Waals surface area contributed by atoms with Gasteiger partial charge >= 0.3 is 0 Å². The van der Waals surface area contributed by atoms with Crippen molar-refractivity contribution in [3.8, 4) is 0 Å². The lowest BCUT2D eigenvalue weighted by molar-refractivity contribution is 0.442. The van der Waals surface area contributed by atoms with E-state index in [9.17, 15) is 16.8 Å². The predicted molar refractivity (Wildman–Crippen MR) is 112 cm³/mol. The van der Waals surface area contributed by atoms with Crippen molar-refractivity contribution in [2.75, 3.05) is 14.1 Å². The molecule has 0 saturated heterocycles. The van der Waals surface area contributed by atoms with Crippen LogP contribution in [0.5, 0.6) is 0 Å². The predicted octanol–water partition coefficient (Wildman–Crippen LogP) is 3.56. The number of nitrogens with zero attached hydrogens (tertiary/aromatic N) is 2. The Labute approximate surface area is 171 Å². The van der Waals surface area contributed by atoms with E-state index in [1.165, 1.54) is 45.5 Å². The van der Waals surface area contributed by atoms with Gasteiger partial charge in [-0.05, 0) is 30.5 Å². The number of aromatic nitrogens is 1. The summed E-state index contributed by atoms with van der Waals surface area (Å²) in [6, 6.07) is 6.12. The van der Waals surface area contributed by atoms with Gasteiger partial charge in [0.1, 0.15) is 0 Å². The summed E-state index contributed by atoms with van der Waals surface area (Å²) in [7, 11) is -4.15. The van der Waals surface area contributed by atoms with Gasteiger partial charge in [0.15, 0.2) is 9.84 Å². The molecule has 0 aliphatic heterocycles. The van der Waals surface area contributed by atoms with E-state index in [0.29, 0.717) is 17.2 Å². The van der Waals surface area contributed by atoms with Crippen LogP contribution in [0.2, 0.25) is 0 Å². The van der Waals surface area contributed by atoms with Crippen molar-refractivity contribution in [3.63, 3.8) is 0 Å². The molecule has 0 atom stereocenters.